The van der Waals surface area contributed by atoms with Gasteiger partial charge in [-0.05, 0) is 39.8 Å². The van der Waals surface area contributed by atoms with E-state index in [0.717, 1.165) is 41.3 Å². The molecule has 0 unspecified atom stereocenters. The standard InChI is InChI=1S/C23H26N8O/c1-13-9-30(10-14(2)26-13)18-6-5-17(20-21(18)25-8-7-24-20)23(32)29-19-12-31-11-15(3)27-22(31)16(4)28-19/h5-8,11-14,26H,9-10H2,1-4H3,(H,29,32)/t13-,14-/m0/s1. The lowest BCUT2D eigenvalue weighted by Crippen LogP contribution is -2.54. The van der Waals surface area contributed by atoms with Crippen molar-refractivity contribution in [3.05, 3.63) is 53.9 Å². The predicted molar refractivity (Wildman–Crippen MR) is 124 cm³/mol. The van der Waals surface area contributed by atoms with E-state index in [-0.39, 0.29) is 5.91 Å². The number of aromatic nitrogens is 5. The molecule has 0 bridgehead atoms. The van der Waals surface area contributed by atoms with Crippen molar-refractivity contribution in [1.82, 2.24) is 29.7 Å². The fourth-order valence-electron chi connectivity index (χ4n) is 4.52. The van der Waals surface area contributed by atoms with Gasteiger partial charge in [-0.2, -0.15) is 0 Å². The third kappa shape index (κ3) is 3.64. The van der Waals surface area contributed by atoms with Crippen LogP contribution in [0.3, 0.4) is 0 Å². The molecule has 1 fully saturated rings. The number of rotatable bonds is 3. The average Bonchev–Trinajstić information content (AvgIpc) is 3.13. The van der Waals surface area contributed by atoms with Crippen LogP contribution in [0.4, 0.5) is 11.5 Å². The number of fused-ring (bicyclic) bond motifs is 2. The first-order valence-electron chi connectivity index (χ1n) is 10.8. The van der Waals surface area contributed by atoms with E-state index in [1.807, 2.05) is 36.6 Å². The van der Waals surface area contributed by atoms with E-state index in [4.69, 9.17) is 0 Å². The summed E-state index contributed by atoms with van der Waals surface area (Å²) in [6.07, 6.45) is 6.97. The van der Waals surface area contributed by atoms with Gasteiger partial charge in [-0.25, -0.2) is 9.97 Å². The highest BCUT2D eigenvalue weighted by Gasteiger charge is 2.24. The lowest BCUT2D eigenvalue weighted by atomic mass is 10.1. The minimum absolute atomic E-state index is 0.271. The zero-order valence-electron chi connectivity index (χ0n) is 18.6. The highest BCUT2D eigenvalue weighted by atomic mass is 16.1. The Balaban J connectivity index is 1.50. The number of hydrogen-bond acceptors (Lipinski definition) is 7. The van der Waals surface area contributed by atoms with Crippen LogP contribution in [-0.2, 0) is 0 Å². The molecule has 0 saturated carbocycles. The molecule has 32 heavy (non-hydrogen) atoms. The van der Waals surface area contributed by atoms with Gasteiger partial charge in [-0.3, -0.25) is 14.8 Å². The number of anilines is 2. The second kappa shape index (κ2) is 7.83. The Morgan fingerprint density at radius 3 is 2.50 bits per heavy atom. The van der Waals surface area contributed by atoms with Crippen molar-refractivity contribution in [2.24, 2.45) is 0 Å². The molecule has 4 aromatic rings. The van der Waals surface area contributed by atoms with Gasteiger partial charge >= 0.3 is 0 Å². The van der Waals surface area contributed by atoms with Gasteiger partial charge in [0, 0.05) is 43.8 Å². The van der Waals surface area contributed by atoms with Crippen molar-refractivity contribution in [2.75, 3.05) is 23.3 Å². The molecule has 164 valence electrons. The van der Waals surface area contributed by atoms with Gasteiger partial charge in [0.2, 0.25) is 0 Å². The van der Waals surface area contributed by atoms with E-state index in [0.29, 0.717) is 29.0 Å². The third-order valence-electron chi connectivity index (χ3n) is 5.71. The van der Waals surface area contributed by atoms with Crippen molar-refractivity contribution in [3.8, 4) is 0 Å². The molecule has 0 aliphatic carbocycles. The summed E-state index contributed by atoms with van der Waals surface area (Å²) in [4.78, 5) is 33.6. The van der Waals surface area contributed by atoms with Crippen molar-refractivity contribution in [2.45, 2.75) is 39.8 Å². The number of hydrogen-bond donors (Lipinski definition) is 2. The van der Waals surface area contributed by atoms with Crippen molar-refractivity contribution < 1.29 is 4.79 Å². The molecule has 9 heteroatoms. The maximum Gasteiger partial charge on any atom is 0.259 e. The second-order valence-corrected chi connectivity index (χ2v) is 8.54. The normalized spacial score (nSPS) is 18.9. The number of nitrogens with one attached hydrogen (secondary N) is 2. The lowest BCUT2D eigenvalue weighted by Gasteiger charge is -2.38. The van der Waals surface area contributed by atoms with Crippen LogP contribution in [0.5, 0.6) is 0 Å². The quantitative estimate of drug-likeness (QED) is 0.515. The summed E-state index contributed by atoms with van der Waals surface area (Å²) in [6, 6.07) is 4.53. The maximum absolute atomic E-state index is 13.2. The van der Waals surface area contributed by atoms with Gasteiger partial charge < -0.3 is 19.9 Å². The molecule has 2 atom stereocenters. The van der Waals surface area contributed by atoms with Gasteiger partial charge in [0.1, 0.15) is 16.9 Å². The summed E-state index contributed by atoms with van der Waals surface area (Å²) in [5.41, 5.74) is 5.19. The van der Waals surface area contributed by atoms with Gasteiger partial charge in [-0.1, -0.05) is 0 Å². The van der Waals surface area contributed by atoms with Crippen LogP contribution in [0.2, 0.25) is 0 Å². The zero-order chi connectivity index (χ0) is 22.4. The van der Waals surface area contributed by atoms with Crippen LogP contribution in [0, 0.1) is 13.8 Å². The zero-order valence-corrected chi connectivity index (χ0v) is 18.6. The molecule has 1 aliphatic heterocycles. The van der Waals surface area contributed by atoms with E-state index >= 15 is 0 Å². The Bertz CT molecular complexity index is 1320. The van der Waals surface area contributed by atoms with Crippen LogP contribution in [-0.4, -0.2) is 55.4 Å². The molecule has 1 amide bonds. The summed E-state index contributed by atoms with van der Waals surface area (Å²) in [5, 5.41) is 6.46. The van der Waals surface area contributed by atoms with Crippen LogP contribution >= 0.6 is 0 Å². The van der Waals surface area contributed by atoms with Gasteiger partial charge in [0.05, 0.1) is 28.8 Å². The monoisotopic (exact) mass is 430 g/mol. The Kier molecular flexibility index (Phi) is 4.97. The number of aryl methyl sites for hydroxylation is 2. The summed E-state index contributed by atoms with van der Waals surface area (Å²) >= 11 is 0. The highest BCUT2D eigenvalue weighted by Crippen LogP contribution is 2.28. The smallest absolute Gasteiger partial charge is 0.259 e. The first kappa shape index (κ1) is 20.3. The van der Waals surface area contributed by atoms with E-state index in [1.165, 1.54) is 0 Å². The minimum atomic E-state index is -0.271. The minimum Gasteiger partial charge on any atom is -0.367 e. The molecule has 0 radical (unpaired) electrons. The predicted octanol–water partition coefficient (Wildman–Crippen LogP) is 2.73. The largest absolute Gasteiger partial charge is 0.367 e. The number of amides is 1. The molecule has 5 rings (SSSR count). The molecule has 2 N–H and O–H groups in total. The number of carbonyl (C=O) groups excluding carboxylic acids is 1. The Labute approximate surface area is 185 Å². The molecule has 9 nitrogen and oxygen atoms in total. The molecule has 3 aromatic heterocycles. The summed E-state index contributed by atoms with van der Waals surface area (Å²) in [5.74, 6) is 0.190. The topological polar surface area (TPSA) is 100 Å². The lowest BCUT2D eigenvalue weighted by molar-refractivity contribution is 0.102. The number of piperazine rings is 1. The van der Waals surface area contributed by atoms with Crippen molar-refractivity contribution in [1.29, 1.82) is 0 Å². The molecule has 0 spiro atoms. The van der Waals surface area contributed by atoms with Crippen LogP contribution in [0.1, 0.15) is 35.6 Å². The summed E-state index contributed by atoms with van der Waals surface area (Å²) < 4.78 is 1.88. The molecule has 1 aromatic carbocycles. The fourth-order valence-corrected chi connectivity index (χ4v) is 4.52. The number of imidazole rings is 1. The first-order chi connectivity index (χ1) is 15.4. The second-order valence-electron chi connectivity index (χ2n) is 8.54. The molecular weight excluding hydrogens is 404 g/mol. The first-order valence-corrected chi connectivity index (χ1v) is 10.8. The maximum atomic E-state index is 13.2. The van der Waals surface area contributed by atoms with Crippen molar-refractivity contribution >= 4 is 34.1 Å². The van der Waals surface area contributed by atoms with Gasteiger partial charge in [0.15, 0.2) is 5.65 Å². The van der Waals surface area contributed by atoms with E-state index in [1.54, 1.807) is 18.6 Å². The van der Waals surface area contributed by atoms with Crippen LogP contribution in [0.15, 0.2) is 36.9 Å². The Morgan fingerprint density at radius 1 is 1.03 bits per heavy atom. The Morgan fingerprint density at radius 2 is 1.75 bits per heavy atom. The van der Waals surface area contributed by atoms with E-state index < -0.39 is 0 Å². The Hall–Kier alpha value is -3.59. The van der Waals surface area contributed by atoms with Crippen LogP contribution in [0.25, 0.3) is 16.7 Å². The number of nitrogens with zero attached hydrogens (tertiary/aromatic N) is 6. The van der Waals surface area contributed by atoms with Gasteiger partial charge in [0.25, 0.3) is 5.91 Å². The molecular formula is C23H26N8O. The number of benzene rings is 1. The van der Waals surface area contributed by atoms with Gasteiger partial charge in [-0.15, -0.1) is 0 Å². The fraction of sp³-hybridized carbons (Fsp3) is 0.348. The van der Waals surface area contributed by atoms with Crippen molar-refractivity contribution in [3.63, 3.8) is 0 Å². The van der Waals surface area contributed by atoms with E-state index in [2.05, 4.69) is 49.3 Å². The van der Waals surface area contributed by atoms with Crippen LogP contribution < -0.4 is 15.5 Å². The third-order valence-corrected chi connectivity index (χ3v) is 5.71. The SMILES string of the molecule is Cc1cn2cc(NC(=O)c3ccc(N4C[C@H](C)N[C@@H](C)C4)c4nccnc34)nc(C)c2n1. The highest BCUT2D eigenvalue weighted by molar-refractivity contribution is 6.12. The average molecular weight is 431 g/mol. The summed E-state index contributed by atoms with van der Waals surface area (Å²) in [6.45, 7) is 9.89. The number of carbonyl (C=O) groups is 1. The molecule has 1 aliphatic rings. The summed E-state index contributed by atoms with van der Waals surface area (Å²) in [7, 11) is 0. The van der Waals surface area contributed by atoms with E-state index in [9.17, 15) is 4.79 Å². The molecule has 1 saturated heterocycles. The molecule has 4 heterocycles.